The first-order chi connectivity index (χ1) is 10.4. The zero-order valence-corrected chi connectivity index (χ0v) is 12.8. The largest absolute Gasteiger partial charge is 0.332 e. The van der Waals surface area contributed by atoms with E-state index < -0.39 is 17.7 Å². The highest BCUT2D eigenvalue weighted by atomic mass is 19.3. The second-order valence-corrected chi connectivity index (χ2v) is 6.54. The quantitative estimate of drug-likeness (QED) is 0.818. The lowest BCUT2D eigenvalue weighted by molar-refractivity contribution is -0.146. The summed E-state index contributed by atoms with van der Waals surface area (Å²) in [5.41, 5.74) is -0.0543. The van der Waals surface area contributed by atoms with Crippen molar-refractivity contribution in [3.63, 3.8) is 0 Å². The van der Waals surface area contributed by atoms with Gasteiger partial charge in [0.05, 0.1) is 6.04 Å². The maximum Gasteiger partial charge on any atom is 0.252 e. The number of hydrogen-bond acceptors (Lipinski definition) is 1. The highest BCUT2D eigenvalue weighted by Crippen LogP contribution is 2.52. The minimum atomic E-state index is -2.65. The lowest BCUT2D eigenvalue weighted by atomic mass is 9.81. The van der Waals surface area contributed by atoms with Gasteiger partial charge in [0, 0.05) is 6.04 Å². The Labute approximate surface area is 128 Å². The van der Waals surface area contributed by atoms with E-state index in [-0.39, 0.29) is 30.7 Å². The second-order valence-electron chi connectivity index (χ2n) is 6.54. The number of fused-ring (bicyclic) bond motifs is 1. The molecule has 3 atom stereocenters. The third kappa shape index (κ3) is 2.13. The van der Waals surface area contributed by atoms with Crippen LogP contribution >= 0.6 is 0 Å². The van der Waals surface area contributed by atoms with Gasteiger partial charge in [-0.1, -0.05) is 13.0 Å². The summed E-state index contributed by atoms with van der Waals surface area (Å²) in [7, 11) is 0. The van der Waals surface area contributed by atoms with Crippen molar-refractivity contribution in [1.82, 2.24) is 4.90 Å². The molecule has 2 aliphatic rings. The molecule has 1 aromatic rings. The van der Waals surface area contributed by atoms with Crippen LogP contribution in [-0.4, -0.2) is 23.3 Å². The number of rotatable bonds is 3. The molecule has 22 heavy (non-hydrogen) atoms. The molecule has 0 unspecified atom stereocenters. The number of nitrogens with zero attached hydrogens (tertiary/aromatic N) is 1. The average Bonchev–Trinajstić information content (AvgIpc) is 2.96. The van der Waals surface area contributed by atoms with E-state index in [1.54, 1.807) is 18.7 Å². The van der Waals surface area contributed by atoms with E-state index in [9.17, 15) is 18.0 Å². The van der Waals surface area contributed by atoms with Crippen molar-refractivity contribution in [3.05, 3.63) is 35.1 Å². The number of hydrogen-bond donors (Lipinski definition) is 0. The first-order valence-electron chi connectivity index (χ1n) is 7.77. The van der Waals surface area contributed by atoms with Crippen molar-refractivity contribution in [2.45, 2.75) is 58.0 Å². The minimum Gasteiger partial charge on any atom is -0.332 e. The Morgan fingerprint density at radius 3 is 2.64 bits per heavy atom. The molecule has 2 nitrogen and oxygen atoms in total. The summed E-state index contributed by atoms with van der Waals surface area (Å²) in [5, 5.41) is 0. The average molecular weight is 311 g/mol. The Morgan fingerprint density at radius 1 is 1.32 bits per heavy atom. The van der Waals surface area contributed by atoms with Crippen LogP contribution in [0.1, 0.15) is 49.8 Å². The number of amides is 1. The fourth-order valence-corrected chi connectivity index (χ4v) is 4.07. The number of carbonyl (C=O) groups excluding carboxylic acids is 1. The highest BCUT2D eigenvalue weighted by Gasteiger charge is 2.59. The van der Waals surface area contributed by atoms with Gasteiger partial charge in [-0.05, 0) is 55.9 Å². The van der Waals surface area contributed by atoms with Crippen LogP contribution in [0.5, 0.6) is 0 Å². The van der Waals surface area contributed by atoms with Gasteiger partial charge in [0.1, 0.15) is 11.2 Å². The normalized spacial score (nSPS) is 31.2. The first kappa shape index (κ1) is 15.4. The molecule has 1 amide bonds. The van der Waals surface area contributed by atoms with Crippen LogP contribution in [0, 0.1) is 18.2 Å². The van der Waals surface area contributed by atoms with E-state index >= 15 is 0 Å². The van der Waals surface area contributed by atoms with E-state index in [1.165, 1.54) is 12.1 Å². The van der Waals surface area contributed by atoms with Gasteiger partial charge in [-0.2, -0.15) is 0 Å². The Kier molecular flexibility index (Phi) is 3.69. The molecule has 2 fully saturated rings. The van der Waals surface area contributed by atoms with E-state index in [2.05, 4.69) is 0 Å². The fourth-order valence-electron chi connectivity index (χ4n) is 4.07. The number of benzene rings is 1. The molecule has 0 N–H and O–H groups in total. The fraction of sp³-hybridized carbons (Fsp3) is 0.588. The molecule has 1 aromatic carbocycles. The summed E-state index contributed by atoms with van der Waals surface area (Å²) in [6, 6.07) is 4.27. The summed E-state index contributed by atoms with van der Waals surface area (Å²) in [6.45, 7) is 3.44. The molecule has 120 valence electrons. The maximum atomic E-state index is 13.6. The smallest absolute Gasteiger partial charge is 0.252 e. The van der Waals surface area contributed by atoms with E-state index in [0.717, 1.165) is 11.1 Å². The molecule has 2 aliphatic heterocycles. The predicted octanol–water partition coefficient (Wildman–Crippen LogP) is 4.23. The van der Waals surface area contributed by atoms with Crippen LogP contribution in [0.3, 0.4) is 0 Å². The van der Waals surface area contributed by atoms with E-state index in [0.29, 0.717) is 12.8 Å². The van der Waals surface area contributed by atoms with Crippen LogP contribution < -0.4 is 0 Å². The summed E-state index contributed by atoms with van der Waals surface area (Å²) in [6.07, 6.45) is -0.871. The first-order valence-corrected chi connectivity index (χ1v) is 7.77. The van der Waals surface area contributed by atoms with Crippen molar-refractivity contribution in [1.29, 1.82) is 0 Å². The number of halogens is 3. The van der Waals surface area contributed by atoms with Crippen molar-refractivity contribution in [2.24, 2.45) is 5.41 Å². The van der Waals surface area contributed by atoms with Gasteiger partial charge in [-0.15, -0.1) is 0 Å². The molecule has 0 aliphatic carbocycles. The van der Waals surface area contributed by atoms with Gasteiger partial charge in [0.15, 0.2) is 0 Å². The maximum absolute atomic E-state index is 13.6. The highest BCUT2D eigenvalue weighted by molar-refractivity contribution is 5.86. The molecule has 2 saturated heterocycles. The van der Waals surface area contributed by atoms with Crippen LogP contribution in [0.15, 0.2) is 18.2 Å². The monoisotopic (exact) mass is 311 g/mol. The molecule has 2 heterocycles. The third-order valence-electron chi connectivity index (χ3n) is 5.26. The van der Waals surface area contributed by atoms with Gasteiger partial charge in [0.25, 0.3) is 6.43 Å². The van der Waals surface area contributed by atoms with E-state index in [4.69, 9.17) is 0 Å². The zero-order valence-electron chi connectivity index (χ0n) is 12.8. The van der Waals surface area contributed by atoms with Gasteiger partial charge in [-0.25, -0.2) is 13.2 Å². The SMILES string of the molecule is CC[C@@]1(C(F)F)C[C@H]2CC[C@H](c3cc(C)cc(F)c3)N2C1=O. The Hall–Kier alpha value is -1.52. The Morgan fingerprint density at radius 2 is 2.05 bits per heavy atom. The number of aryl methyl sites for hydroxylation is 1. The number of alkyl halides is 2. The topological polar surface area (TPSA) is 20.3 Å². The molecule has 0 aromatic heterocycles. The Bertz CT molecular complexity index is 583. The van der Waals surface area contributed by atoms with Crippen LogP contribution in [0.2, 0.25) is 0 Å². The van der Waals surface area contributed by atoms with Crippen molar-refractivity contribution >= 4 is 5.91 Å². The third-order valence-corrected chi connectivity index (χ3v) is 5.26. The summed E-state index contributed by atoms with van der Waals surface area (Å²) >= 11 is 0. The van der Waals surface area contributed by atoms with Crippen LogP contribution in [-0.2, 0) is 4.79 Å². The van der Waals surface area contributed by atoms with Gasteiger partial charge >= 0.3 is 0 Å². The molecular formula is C17H20F3NO. The molecule has 5 heteroatoms. The van der Waals surface area contributed by atoms with Crippen LogP contribution in [0.4, 0.5) is 13.2 Å². The molecule has 0 spiro atoms. The second kappa shape index (κ2) is 5.28. The van der Waals surface area contributed by atoms with E-state index in [1.807, 2.05) is 6.07 Å². The summed E-state index contributed by atoms with van der Waals surface area (Å²) in [4.78, 5) is 14.3. The van der Waals surface area contributed by atoms with Crippen molar-refractivity contribution in [2.75, 3.05) is 0 Å². The minimum absolute atomic E-state index is 0.143. The summed E-state index contributed by atoms with van der Waals surface area (Å²) < 4.78 is 40.7. The molecular weight excluding hydrogens is 291 g/mol. The lowest BCUT2D eigenvalue weighted by Gasteiger charge is -2.29. The van der Waals surface area contributed by atoms with Crippen molar-refractivity contribution in [3.8, 4) is 0 Å². The Balaban J connectivity index is 1.96. The molecule has 0 radical (unpaired) electrons. The lowest BCUT2D eigenvalue weighted by Crippen LogP contribution is -2.40. The van der Waals surface area contributed by atoms with Gasteiger partial charge < -0.3 is 4.90 Å². The molecule has 0 bridgehead atoms. The predicted molar refractivity (Wildman–Crippen MR) is 77.1 cm³/mol. The number of carbonyl (C=O) groups is 1. The molecule has 0 saturated carbocycles. The zero-order chi connectivity index (χ0) is 16.1. The van der Waals surface area contributed by atoms with Crippen molar-refractivity contribution < 1.29 is 18.0 Å². The van der Waals surface area contributed by atoms with Gasteiger partial charge in [0.2, 0.25) is 5.91 Å². The van der Waals surface area contributed by atoms with Crippen LogP contribution in [0.25, 0.3) is 0 Å². The molecule has 3 rings (SSSR count). The standard InChI is InChI=1S/C17H20F3NO/c1-3-17(15(19)20)9-13-4-5-14(21(13)16(17)22)11-6-10(2)7-12(18)8-11/h6-8,13-15H,3-5,9H2,1-2H3/t13-,14-,17+/m1/s1. The van der Waals surface area contributed by atoms with Gasteiger partial charge in [-0.3, -0.25) is 4.79 Å². The summed E-state index contributed by atoms with van der Waals surface area (Å²) in [5.74, 6) is -0.805.